The van der Waals surface area contributed by atoms with Gasteiger partial charge in [0.2, 0.25) is 0 Å². The van der Waals surface area contributed by atoms with Crippen LogP contribution < -0.4 is 0 Å². The molecule has 136 valence electrons. The molecule has 0 aromatic heterocycles. The van der Waals surface area contributed by atoms with E-state index in [1.807, 2.05) is 6.07 Å². The highest BCUT2D eigenvalue weighted by molar-refractivity contribution is 9.10. The van der Waals surface area contributed by atoms with Gasteiger partial charge in [-0.1, -0.05) is 28.1 Å². The molecule has 2 unspecified atom stereocenters. The molecule has 0 aliphatic rings. The Balaban J connectivity index is 3.16. The van der Waals surface area contributed by atoms with Crippen LogP contribution in [0.1, 0.15) is 18.9 Å². The number of hydrogen-bond acceptors (Lipinski definition) is 7. The van der Waals surface area contributed by atoms with Gasteiger partial charge in [0.25, 0.3) is 0 Å². The minimum Gasteiger partial charge on any atom is -0.469 e. The van der Waals surface area contributed by atoms with E-state index in [0.717, 1.165) is 4.47 Å². The Bertz CT molecular complexity index is 646. The molecule has 0 radical (unpaired) electrons. The minimum atomic E-state index is -1.22. The number of benzene rings is 1. The summed E-state index contributed by atoms with van der Waals surface area (Å²) < 4.78 is 15.1. The summed E-state index contributed by atoms with van der Waals surface area (Å²) >= 11 is 3.34. The van der Waals surface area contributed by atoms with Crippen LogP contribution in [-0.4, -0.2) is 51.0 Å². The zero-order chi connectivity index (χ0) is 18.8. The third-order valence-corrected chi connectivity index (χ3v) is 3.75. The first-order valence-electron chi connectivity index (χ1n) is 7.52. The zero-order valence-corrected chi connectivity index (χ0v) is 15.8. The molecule has 1 rings (SSSR count). The van der Waals surface area contributed by atoms with E-state index in [1.165, 1.54) is 20.4 Å². The van der Waals surface area contributed by atoms with E-state index in [2.05, 4.69) is 25.7 Å². The first-order valence-corrected chi connectivity index (χ1v) is 8.32. The van der Waals surface area contributed by atoms with Crippen LogP contribution in [0.25, 0.3) is 0 Å². The van der Waals surface area contributed by atoms with Gasteiger partial charge < -0.3 is 14.2 Å². The molecular weight excluding hydrogens is 394 g/mol. The van der Waals surface area contributed by atoms with Crippen LogP contribution in [0, 0.1) is 5.92 Å². The Morgan fingerprint density at radius 3 is 2.48 bits per heavy atom. The topological polar surface area (TPSA) is 91.3 Å². The van der Waals surface area contributed by atoms with Crippen molar-refractivity contribution in [2.75, 3.05) is 20.8 Å². The summed E-state index contributed by atoms with van der Waals surface area (Å²) in [7, 11) is 2.37. The first kappa shape index (κ1) is 20.8. The molecule has 25 heavy (non-hydrogen) atoms. The number of carbonyl (C=O) groups is 3. The van der Waals surface area contributed by atoms with Crippen molar-refractivity contribution in [2.45, 2.75) is 19.4 Å². The third-order valence-electron chi connectivity index (χ3n) is 3.26. The Kier molecular flexibility index (Phi) is 8.83. The average molecular weight is 414 g/mol. The quantitative estimate of drug-likeness (QED) is 0.368. The van der Waals surface area contributed by atoms with Crippen molar-refractivity contribution in [3.8, 4) is 0 Å². The van der Waals surface area contributed by atoms with Gasteiger partial charge in [-0.3, -0.25) is 14.6 Å². The van der Waals surface area contributed by atoms with Crippen LogP contribution in [0.15, 0.2) is 33.7 Å². The van der Waals surface area contributed by atoms with E-state index < -0.39 is 29.9 Å². The molecule has 0 bridgehead atoms. The van der Waals surface area contributed by atoms with Gasteiger partial charge in [0.1, 0.15) is 5.92 Å². The van der Waals surface area contributed by atoms with Crippen molar-refractivity contribution >= 4 is 40.1 Å². The highest BCUT2D eigenvalue weighted by Crippen LogP contribution is 2.18. The molecule has 0 saturated carbocycles. The van der Waals surface area contributed by atoms with Crippen LogP contribution in [-0.2, 0) is 28.6 Å². The second-order valence-corrected chi connectivity index (χ2v) is 5.86. The number of ether oxygens (including phenoxy) is 3. The Labute approximate surface area is 154 Å². The van der Waals surface area contributed by atoms with Gasteiger partial charge in [-0.05, 0) is 24.6 Å². The SMILES string of the molecule is CCOC(=O)C(N=Cc1cccc(Br)c1)C(CC(=O)OC)C(=O)OC. The molecule has 1 aromatic carbocycles. The minimum absolute atomic E-state index is 0.119. The summed E-state index contributed by atoms with van der Waals surface area (Å²) in [6, 6.07) is 6.00. The second kappa shape index (κ2) is 10.6. The van der Waals surface area contributed by atoms with Crippen LogP contribution >= 0.6 is 15.9 Å². The Hall–Kier alpha value is -2.22. The van der Waals surface area contributed by atoms with Gasteiger partial charge in [-0.2, -0.15) is 0 Å². The van der Waals surface area contributed by atoms with Gasteiger partial charge in [0.15, 0.2) is 6.04 Å². The van der Waals surface area contributed by atoms with Gasteiger partial charge in [-0.15, -0.1) is 0 Å². The maximum absolute atomic E-state index is 12.3. The number of carbonyl (C=O) groups excluding carboxylic acids is 3. The fourth-order valence-corrected chi connectivity index (χ4v) is 2.46. The fraction of sp³-hybridized carbons (Fsp3) is 0.412. The molecule has 0 aliphatic carbocycles. The Morgan fingerprint density at radius 2 is 1.92 bits per heavy atom. The average Bonchev–Trinajstić information content (AvgIpc) is 2.60. The van der Waals surface area contributed by atoms with Crippen molar-refractivity contribution in [2.24, 2.45) is 10.9 Å². The summed E-state index contributed by atoms with van der Waals surface area (Å²) in [5.74, 6) is -3.25. The summed E-state index contributed by atoms with van der Waals surface area (Å²) in [5.41, 5.74) is 0.713. The van der Waals surface area contributed by atoms with Crippen molar-refractivity contribution in [1.29, 1.82) is 0 Å². The maximum Gasteiger partial charge on any atom is 0.331 e. The molecule has 7 nitrogen and oxygen atoms in total. The van der Waals surface area contributed by atoms with E-state index >= 15 is 0 Å². The molecule has 1 aromatic rings. The summed E-state index contributed by atoms with van der Waals surface area (Å²) in [6.45, 7) is 1.76. The van der Waals surface area contributed by atoms with Crippen molar-refractivity contribution in [3.05, 3.63) is 34.3 Å². The predicted octanol–water partition coefficient (Wildman–Crippen LogP) is 2.15. The number of halogens is 1. The monoisotopic (exact) mass is 413 g/mol. The number of methoxy groups -OCH3 is 2. The molecule has 0 spiro atoms. The number of esters is 3. The summed E-state index contributed by atoms with van der Waals surface area (Å²) in [6.07, 6.45) is 1.10. The number of rotatable bonds is 8. The van der Waals surface area contributed by atoms with E-state index in [9.17, 15) is 14.4 Å². The third kappa shape index (κ3) is 6.66. The van der Waals surface area contributed by atoms with Crippen LogP contribution in [0.3, 0.4) is 0 Å². The van der Waals surface area contributed by atoms with Crippen LogP contribution in [0.2, 0.25) is 0 Å². The lowest BCUT2D eigenvalue weighted by Crippen LogP contribution is -2.37. The number of nitrogens with zero attached hydrogens (tertiary/aromatic N) is 1. The lowest BCUT2D eigenvalue weighted by molar-refractivity contribution is -0.158. The summed E-state index contributed by atoms with van der Waals surface area (Å²) in [5, 5.41) is 0. The smallest absolute Gasteiger partial charge is 0.331 e. The van der Waals surface area contributed by atoms with Crippen molar-refractivity contribution < 1.29 is 28.6 Å². The van der Waals surface area contributed by atoms with E-state index in [-0.39, 0.29) is 13.0 Å². The fourth-order valence-electron chi connectivity index (χ4n) is 2.05. The van der Waals surface area contributed by atoms with E-state index in [4.69, 9.17) is 9.47 Å². The van der Waals surface area contributed by atoms with Crippen molar-refractivity contribution in [1.82, 2.24) is 0 Å². The predicted molar refractivity (Wildman–Crippen MR) is 94.3 cm³/mol. The van der Waals surface area contributed by atoms with E-state index in [0.29, 0.717) is 5.56 Å². The second-order valence-electron chi connectivity index (χ2n) is 4.94. The standard InChI is InChI=1S/C17H20BrNO6/c1-4-25-17(22)15(13(16(21)24-3)9-14(20)23-2)19-10-11-6-5-7-12(18)8-11/h5-8,10,13,15H,4,9H2,1-3H3. The molecule has 8 heteroatoms. The highest BCUT2D eigenvalue weighted by atomic mass is 79.9. The number of aliphatic imine (C=N–C) groups is 1. The van der Waals surface area contributed by atoms with Gasteiger partial charge in [0.05, 0.1) is 27.2 Å². The van der Waals surface area contributed by atoms with Crippen molar-refractivity contribution in [3.63, 3.8) is 0 Å². The molecule has 0 aliphatic heterocycles. The first-order chi connectivity index (χ1) is 11.9. The normalized spacial score (nSPS) is 13.1. The molecule has 0 heterocycles. The lowest BCUT2D eigenvalue weighted by Gasteiger charge is -2.19. The van der Waals surface area contributed by atoms with Gasteiger partial charge >= 0.3 is 17.9 Å². The molecule has 0 amide bonds. The van der Waals surface area contributed by atoms with Crippen LogP contribution in [0.5, 0.6) is 0 Å². The number of hydrogen-bond donors (Lipinski definition) is 0. The summed E-state index contributed by atoms with van der Waals surface area (Å²) in [4.78, 5) is 40.1. The van der Waals surface area contributed by atoms with Crippen LogP contribution in [0.4, 0.5) is 0 Å². The van der Waals surface area contributed by atoms with Gasteiger partial charge in [0, 0.05) is 10.7 Å². The molecule has 2 atom stereocenters. The molecule has 0 N–H and O–H groups in total. The molecular formula is C17H20BrNO6. The Morgan fingerprint density at radius 1 is 1.20 bits per heavy atom. The maximum atomic E-state index is 12.3. The molecule has 0 saturated heterocycles. The lowest BCUT2D eigenvalue weighted by atomic mass is 9.96. The largest absolute Gasteiger partial charge is 0.469 e. The molecule has 0 fully saturated rings. The van der Waals surface area contributed by atoms with E-state index in [1.54, 1.807) is 25.1 Å². The van der Waals surface area contributed by atoms with Gasteiger partial charge in [-0.25, -0.2) is 4.79 Å². The highest BCUT2D eigenvalue weighted by Gasteiger charge is 2.37. The zero-order valence-electron chi connectivity index (χ0n) is 14.2.